The third-order valence-corrected chi connectivity index (χ3v) is 4.26. The Labute approximate surface area is 147 Å². The standard InChI is InChI=1S/C18H24N6O/c1-18(2,3)16(25)22-14-4-6-20-8-12(14)10-24-7-5-15-13(11-24)9-21-17(19)23-15/h4,6,8-9H,5,7,10-11H2,1-3H3,(H2,19,21,23)(H,20,22,25). The number of carbonyl (C=O) groups excluding carboxylic acids is 1. The second-order valence-corrected chi connectivity index (χ2v) is 7.40. The lowest BCUT2D eigenvalue weighted by atomic mass is 9.95. The summed E-state index contributed by atoms with van der Waals surface area (Å²) in [6, 6.07) is 1.85. The summed E-state index contributed by atoms with van der Waals surface area (Å²) in [4.78, 5) is 27.2. The van der Waals surface area contributed by atoms with Crippen molar-refractivity contribution in [2.45, 2.75) is 40.3 Å². The molecule has 1 amide bonds. The molecule has 3 rings (SSSR count). The Hall–Kier alpha value is -2.54. The average Bonchev–Trinajstić information content (AvgIpc) is 2.56. The highest BCUT2D eigenvalue weighted by molar-refractivity contribution is 5.95. The monoisotopic (exact) mass is 340 g/mol. The van der Waals surface area contributed by atoms with Crippen molar-refractivity contribution in [2.75, 3.05) is 17.6 Å². The van der Waals surface area contributed by atoms with E-state index in [0.717, 1.165) is 42.0 Å². The van der Waals surface area contributed by atoms with E-state index in [4.69, 9.17) is 5.73 Å². The molecule has 0 bridgehead atoms. The van der Waals surface area contributed by atoms with Gasteiger partial charge in [-0.15, -0.1) is 0 Å². The minimum absolute atomic E-state index is 0.00665. The van der Waals surface area contributed by atoms with Gasteiger partial charge in [-0.2, -0.15) is 0 Å². The summed E-state index contributed by atoms with van der Waals surface area (Å²) in [6.45, 7) is 8.04. The first-order chi connectivity index (χ1) is 11.8. The molecule has 0 spiro atoms. The van der Waals surface area contributed by atoms with E-state index in [1.54, 1.807) is 12.4 Å². The number of hydrogen-bond donors (Lipinski definition) is 2. The number of pyridine rings is 1. The molecule has 0 saturated heterocycles. The number of rotatable bonds is 3. The summed E-state index contributed by atoms with van der Waals surface area (Å²) >= 11 is 0. The van der Waals surface area contributed by atoms with Crippen molar-refractivity contribution in [1.82, 2.24) is 19.9 Å². The van der Waals surface area contributed by atoms with Crippen LogP contribution in [0.2, 0.25) is 0 Å². The Balaban J connectivity index is 1.74. The molecule has 0 unspecified atom stereocenters. The van der Waals surface area contributed by atoms with Crippen LogP contribution < -0.4 is 11.1 Å². The highest BCUT2D eigenvalue weighted by Gasteiger charge is 2.23. The van der Waals surface area contributed by atoms with Crippen LogP contribution in [0.25, 0.3) is 0 Å². The summed E-state index contributed by atoms with van der Waals surface area (Å²) in [5.41, 5.74) is 9.15. The zero-order valence-corrected chi connectivity index (χ0v) is 14.9. The Kier molecular flexibility index (Phi) is 4.67. The van der Waals surface area contributed by atoms with Gasteiger partial charge < -0.3 is 11.1 Å². The zero-order chi connectivity index (χ0) is 18.0. The summed E-state index contributed by atoms with van der Waals surface area (Å²) in [5.74, 6) is 0.319. The van der Waals surface area contributed by atoms with E-state index in [9.17, 15) is 4.79 Å². The molecule has 7 heteroatoms. The Morgan fingerprint density at radius 1 is 1.36 bits per heavy atom. The molecule has 2 aromatic heterocycles. The first kappa shape index (κ1) is 17.3. The van der Waals surface area contributed by atoms with E-state index in [2.05, 4.69) is 25.2 Å². The van der Waals surface area contributed by atoms with Crippen molar-refractivity contribution in [2.24, 2.45) is 5.41 Å². The molecular weight excluding hydrogens is 316 g/mol. The van der Waals surface area contributed by atoms with Crippen molar-refractivity contribution in [3.05, 3.63) is 41.5 Å². The number of amides is 1. The van der Waals surface area contributed by atoms with Crippen LogP contribution in [0, 0.1) is 5.41 Å². The van der Waals surface area contributed by atoms with Crippen LogP contribution >= 0.6 is 0 Å². The molecule has 3 heterocycles. The van der Waals surface area contributed by atoms with Gasteiger partial charge in [0.05, 0.1) is 5.69 Å². The van der Waals surface area contributed by atoms with Crippen LogP contribution in [0.5, 0.6) is 0 Å². The summed E-state index contributed by atoms with van der Waals surface area (Å²) in [5, 5.41) is 3.02. The van der Waals surface area contributed by atoms with Gasteiger partial charge in [0.15, 0.2) is 0 Å². The molecule has 25 heavy (non-hydrogen) atoms. The van der Waals surface area contributed by atoms with Crippen molar-refractivity contribution in [3.63, 3.8) is 0 Å². The minimum Gasteiger partial charge on any atom is -0.368 e. The third-order valence-electron chi connectivity index (χ3n) is 4.26. The maximum atomic E-state index is 12.3. The second kappa shape index (κ2) is 6.76. The number of hydrogen-bond acceptors (Lipinski definition) is 6. The topological polar surface area (TPSA) is 97.0 Å². The number of nitrogen functional groups attached to an aromatic ring is 1. The van der Waals surface area contributed by atoms with Crippen molar-refractivity contribution in [1.29, 1.82) is 0 Å². The molecule has 7 nitrogen and oxygen atoms in total. The summed E-state index contributed by atoms with van der Waals surface area (Å²) < 4.78 is 0. The summed E-state index contributed by atoms with van der Waals surface area (Å²) in [6.07, 6.45) is 6.15. The number of fused-ring (bicyclic) bond motifs is 1. The fourth-order valence-corrected chi connectivity index (χ4v) is 2.75. The van der Waals surface area contributed by atoms with Crippen LogP contribution in [0.15, 0.2) is 24.7 Å². The largest absolute Gasteiger partial charge is 0.368 e. The lowest BCUT2D eigenvalue weighted by Crippen LogP contribution is -2.32. The van der Waals surface area contributed by atoms with Gasteiger partial charge in [-0.1, -0.05) is 20.8 Å². The van der Waals surface area contributed by atoms with E-state index in [-0.39, 0.29) is 5.91 Å². The van der Waals surface area contributed by atoms with Gasteiger partial charge in [0, 0.05) is 66.9 Å². The fourth-order valence-electron chi connectivity index (χ4n) is 2.75. The highest BCUT2D eigenvalue weighted by atomic mass is 16.2. The van der Waals surface area contributed by atoms with Gasteiger partial charge in [0.25, 0.3) is 0 Å². The van der Waals surface area contributed by atoms with Gasteiger partial charge in [0.2, 0.25) is 11.9 Å². The predicted octanol–water partition coefficient (Wildman–Crippen LogP) is 2.00. The molecule has 1 aliphatic heterocycles. The average molecular weight is 340 g/mol. The van der Waals surface area contributed by atoms with Crippen LogP contribution in [0.4, 0.5) is 11.6 Å². The predicted molar refractivity (Wildman–Crippen MR) is 96.6 cm³/mol. The zero-order valence-electron chi connectivity index (χ0n) is 14.9. The van der Waals surface area contributed by atoms with E-state index in [1.807, 2.05) is 33.0 Å². The molecule has 0 saturated carbocycles. The van der Waals surface area contributed by atoms with E-state index >= 15 is 0 Å². The number of nitrogens with zero attached hydrogens (tertiary/aromatic N) is 4. The molecule has 0 fully saturated rings. The normalized spacial score (nSPS) is 14.8. The van der Waals surface area contributed by atoms with Crippen LogP contribution in [-0.2, 0) is 24.3 Å². The Morgan fingerprint density at radius 3 is 2.92 bits per heavy atom. The lowest BCUT2D eigenvalue weighted by molar-refractivity contribution is -0.123. The first-order valence-corrected chi connectivity index (χ1v) is 8.40. The quantitative estimate of drug-likeness (QED) is 0.887. The molecule has 0 aliphatic carbocycles. The Morgan fingerprint density at radius 2 is 2.16 bits per heavy atom. The molecular formula is C18H24N6O. The Bertz CT molecular complexity index is 783. The number of aromatic nitrogens is 3. The van der Waals surface area contributed by atoms with E-state index in [1.165, 1.54) is 0 Å². The number of nitrogens with two attached hydrogens (primary N) is 1. The molecule has 132 valence electrons. The maximum Gasteiger partial charge on any atom is 0.229 e. The van der Waals surface area contributed by atoms with Crippen molar-refractivity contribution >= 4 is 17.5 Å². The number of carbonyl (C=O) groups is 1. The molecule has 0 atom stereocenters. The van der Waals surface area contributed by atoms with E-state index < -0.39 is 5.41 Å². The minimum atomic E-state index is -0.443. The fraction of sp³-hybridized carbons (Fsp3) is 0.444. The first-order valence-electron chi connectivity index (χ1n) is 8.40. The molecule has 1 aliphatic rings. The van der Waals surface area contributed by atoms with Crippen molar-refractivity contribution < 1.29 is 4.79 Å². The SMILES string of the molecule is CC(C)(C)C(=O)Nc1ccncc1CN1CCc2nc(N)ncc2C1. The van der Waals surface area contributed by atoms with Crippen LogP contribution in [0.3, 0.4) is 0 Å². The van der Waals surface area contributed by atoms with Gasteiger partial charge in [-0.25, -0.2) is 9.97 Å². The van der Waals surface area contributed by atoms with Crippen LogP contribution in [0.1, 0.15) is 37.6 Å². The number of anilines is 2. The van der Waals surface area contributed by atoms with Crippen molar-refractivity contribution in [3.8, 4) is 0 Å². The molecule has 2 aromatic rings. The number of nitrogens with one attached hydrogen (secondary N) is 1. The summed E-state index contributed by atoms with van der Waals surface area (Å²) in [7, 11) is 0. The van der Waals surface area contributed by atoms with Crippen LogP contribution in [-0.4, -0.2) is 32.3 Å². The van der Waals surface area contributed by atoms with E-state index in [0.29, 0.717) is 12.5 Å². The smallest absolute Gasteiger partial charge is 0.229 e. The van der Waals surface area contributed by atoms with Gasteiger partial charge in [0.1, 0.15) is 0 Å². The highest BCUT2D eigenvalue weighted by Crippen LogP contribution is 2.23. The van der Waals surface area contributed by atoms with Gasteiger partial charge in [-0.05, 0) is 6.07 Å². The third kappa shape index (κ3) is 4.11. The maximum absolute atomic E-state index is 12.3. The molecule has 3 N–H and O–H groups in total. The van der Waals surface area contributed by atoms with Gasteiger partial charge in [-0.3, -0.25) is 14.7 Å². The molecule has 0 radical (unpaired) electrons. The molecule has 0 aromatic carbocycles. The second-order valence-electron chi connectivity index (χ2n) is 7.40. The van der Waals surface area contributed by atoms with Gasteiger partial charge >= 0.3 is 0 Å². The lowest BCUT2D eigenvalue weighted by Gasteiger charge is -2.28.